The maximum absolute atomic E-state index is 12.4. The molecule has 4 rings (SSSR count). The lowest BCUT2D eigenvalue weighted by molar-refractivity contribution is -0.115. The molecule has 0 saturated carbocycles. The van der Waals surface area contributed by atoms with Crippen molar-refractivity contribution in [3.05, 3.63) is 98.3 Å². The molecular weight excluding hydrogens is 484 g/mol. The van der Waals surface area contributed by atoms with Crippen LogP contribution in [0.2, 0.25) is 5.02 Å². The molecule has 1 aliphatic heterocycles. The second-order valence-corrected chi connectivity index (χ2v) is 8.80. The Balaban J connectivity index is 1.51. The Bertz CT molecular complexity index is 1150. The first-order chi connectivity index (χ1) is 14.6. The van der Waals surface area contributed by atoms with E-state index in [0.717, 1.165) is 21.3 Å². The highest BCUT2D eigenvalue weighted by molar-refractivity contribution is 9.10. The van der Waals surface area contributed by atoms with Crippen molar-refractivity contribution in [2.45, 2.75) is 6.61 Å². The van der Waals surface area contributed by atoms with Crippen molar-refractivity contribution >= 4 is 62.1 Å². The number of amidine groups is 1. The third kappa shape index (κ3) is 5.33. The van der Waals surface area contributed by atoms with Crippen molar-refractivity contribution in [3.8, 4) is 5.75 Å². The lowest BCUT2D eigenvalue weighted by Gasteiger charge is -2.09. The number of benzene rings is 3. The number of nitrogens with zero attached hydrogens (tertiary/aromatic N) is 1. The number of thioether (sulfide) groups is 1. The molecule has 1 amide bonds. The Hall–Kier alpha value is -2.54. The molecule has 0 unspecified atom stereocenters. The van der Waals surface area contributed by atoms with E-state index in [2.05, 4.69) is 26.2 Å². The van der Waals surface area contributed by atoms with Crippen LogP contribution in [-0.4, -0.2) is 11.1 Å². The first kappa shape index (κ1) is 20.7. The molecule has 0 radical (unpaired) electrons. The zero-order valence-electron chi connectivity index (χ0n) is 15.6. The normalized spacial score (nSPS) is 16.1. The molecular formula is C23H16BrClN2O2S. The number of para-hydroxylation sites is 1. The molecule has 4 nitrogen and oxygen atoms in total. The minimum Gasteiger partial charge on any atom is -0.488 e. The summed E-state index contributed by atoms with van der Waals surface area (Å²) in [7, 11) is 0. The van der Waals surface area contributed by atoms with Crippen molar-refractivity contribution in [1.29, 1.82) is 0 Å². The first-order valence-electron chi connectivity index (χ1n) is 9.08. The summed E-state index contributed by atoms with van der Waals surface area (Å²) < 4.78 is 6.95. The molecule has 3 aromatic rings. The van der Waals surface area contributed by atoms with E-state index in [-0.39, 0.29) is 5.91 Å². The lowest BCUT2D eigenvalue weighted by atomic mass is 10.2. The van der Waals surface area contributed by atoms with Crippen LogP contribution in [0.15, 0.2) is 87.2 Å². The molecule has 1 N–H and O–H groups in total. The number of nitrogens with one attached hydrogen (secondary N) is 1. The molecule has 0 aliphatic carbocycles. The van der Waals surface area contributed by atoms with Gasteiger partial charge in [-0.1, -0.05) is 57.9 Å². The van der Waals surface area contributed by atoms with E-state index < -0.39 is 0 Å². The highest BCUT2D eigenvalue weighted by atomic mass is 79.9. The van der Waals surface area contributed by atoms with Crippen molar-refractivity contribution in [2.75, 3.05) is 0 Å². The van der Waals surface area contributed by atoms with Crippen molar-refractivity contribution in [1.82, 2.24) is 5.32 Å². The summed E-state index contributed by atoms with van der Waals surface area (Å²) in [5.74, 6) is 0.511. The van der Waals surface area contributed by atoms with Crippen LogP contribution in [0.3, 0.4) is 0 Å². The Morgan fingerprint density at radius 3 is 2.67 bits per heavy atom. The molecule has 30 heavy (non-hydrogen) atoms. The van der Waals surface area contributed by atoms with Crippen molar-refractivity contribution in [3.63, 3.8) is 0 Å². The second kappa shape index (κ2) is 9.51. The maximum Gasteiger partial charge on any atom is 0.264 e. The molecule has 0 aromatic heterocycles. The number of hydrogen-bond acceptors (Lipinski definition) is 4. The highest BCUT2D eigenvalue weighted by Gasteiger charge is 2.24. The number of rotatable bonds is 5. The van der Waals surface area contributed by atoms with Crippen LogP contribution in [0, 0.1) is 0 Å². The number of halogens is 2. The lowest BCUT2D eigenvalue weighted by Crippen LogP contribution is -2.19. The predicted octanol–water partition coefficient (Wildman–Crippen LogP) is 6.57. The van der Waals surface area contributed by atoms with Crippen LogP contribution in [0.4, 0.5) is 5.69 Å². The Morgan fingerprint density at radius 1 is 1.07 bits per heavy atom. The van der Waals surface area contributed by atoms with E-state index in [0.29, 0.717) is 27.5 Å². The van der Waals surface area contributed by atoms with Gasteiger partial charge in [0.25, 0.3) is 5.91 Å². The number of aliphatic imine (C=N–C) groups is 1. The van der Waals surface area contributed by atoms with Gasteiger partial charge in [0.15, 0.2) is 5.17 Å². The molecule has 7 heteroatoms. The average Bonchev–Trinajstić information content (AvgIpc) is 3.08. The van der Waals surface area contributed by atoms with E-state index in [1.165, 1.54) is 11.8 Å². The van der Waals surface area contributed by atoms with Gasteiger partial charge in [0.2, 0.25) is 0 Å². The molecule has 0 bridgehead atoms. The van der Waals surface area contributed by atoms with Crippen molar-refractivity contribution in [2.24, 2.45) is 4.99 Å². The van der Waals surface area contributed by atoms with E-state index >= 15 is 0 Å². The number of ether oxygens (including phenoxy) is 1. The average molecular weight is 500 g/mol. The van der Waals surface area contributed by atoms with Gasteiger partial charge in [-0.2, -0.15) is 0 Å². The van der Waals surface area contributed by atoms with Crippen LogP contribution < -0.4 is 10.1 Å². The molecule has 0 spiro atoms. The molecule has 3 aromatic carbocycles. The van der Waals surface area contributed by atoms with E-state index in [1.54, 1.807) is 0 Å². The highest BCUT2D eigenvalue weighted by Crippen LogP contribution is 2.31. The third-order valence-electron chi connectivity index (χ3n) is 4.20. The van der Waals surface area contributed by atoms with Crippen LogP contribution >= 0.6 is 39.3 Å². The summed E-state index contributed by atoms with van der Waals surface area (Å²) in [6.07, 6.45) is 1.82. The van der Waals surface area contributed by atoms with Gasteiger partial charge in [0.1, 0.15) is 12.4 Å². The van der Waals surface area contributed by atoms with Crippen LogP contribution in [0.1, 0.15) is 11.1 Å². The second-order valence-electron chi connectivity index (χ2n) is 6.41. The first-order valence-corrected chi connectivity index (χ1v) is 11.1. The van der Waals surface area contributed by atoms with Gasteiger partial charge in [-0.05, 0) is 65.9 Å². The Morgan fingerprint density at radius 2 is 1.87 bits per heavy atom. The fraction of sp³-hybridized carbons (Fsp3) is 0.0435. The number of carbonyl (C=O) groups excluding carboxylic acids is 1. The summed E-state index contributed by atoms with van der Waals surface area (Å²) >= 11 is 10.7. The fourth-order valence-electron chi connectivity index (χ4n) is 2.77. The summed E-state index contributed by atoms with van der Waals surface area (Å²) in [5, 5.41) is 4.03. The molecule has 1 saturated heterocycles. The van der Waals surface area contributed by atoms with Crippen molar-refractivity contribution < 1.29 is 9.53 Å². The minimum absolute atomic E-state index is 0.180. The minimum atomic E-state index is -0.180. The number of carbonyl (C=O) groups is 1. The molecule has 1 aliphatic rings. The predicted molar refractivity (Wildman–Crippen MR) is 127 cm³/mol. The maximum atomic E-state index is 12.4. The smallest absolute Gasteiger partial charge is 0.264 e. The SMILES string of the molecule is O=C1NC(=Nc2ccc(Br)cc2)S/C1=C\c1ccccc1OCc1cccc(Cl)c1. The quantitative estimate of drug-likeness (QED) is 0.404. The van der Waals surface area contributed by atoms with Gasteiger partial charge in [-0.15, -0.1) is 0 Å². The van der Waals surface area contributed by atoms with Crippen LogP contribution in [-0.2, 0) is 11.4 Å². The van der Waals surface area contributed by atoms with Gasteiger partial charge in [-0.25, -0.2) is 4.99 Å². The van der Waals surface area contributed by atoms with Gasteiger partial charge in [-0.3, -0.25) is 4.79 Å². The summed E-state index contributed by atoms with van der Waals surface area (Å²) in [5.41, 5.74) is 2.57. The number of amides is 1. The van der Waals surface area contributed by atoms with Gasteiger partial charge < -0.3 is 10.1 Å². The van der Waals surface area contributed by atoms with Crippen LogP contribution in [0.25, 0.3) is 6.08 Å². The summed E-state index contributed by atoms with van der Waals surface area (Å²) in [6.45, 7) is 0.385. The zero-order chi connectivity index (χ0) is 20.9. The Labute approximate surface area is 192 Å². The largest absolute Gasteiger partial charge is 0.488 e. The van der Waals surface area contributed by atoms with Gasteiger partial charge in [0, 0.05) is 15.1 Å². The summed E-state index contributed by atoms with van der Waals surface area (Å²) in [4.78, 5) is 17.5. The third-order valence-corrected chi connectivity index (χ3v) is 5.87. The van der Waals surface area contributed by atoms with E-state index in [4.69, 9.17) is 16.3 Å². The van der Waals surface area contributed by atoms with Gasteiger partial charge >= 0.3 is 0 Å². The Kier molecular flexibility index (Phi) is 6.57. The van der Waals surface area contributed by atoms with Crippen LogP contribution in [0.5, 0.6) is 5.75 Å². The fourth-order valence-corrected chi connectivity index (χ4v) is 4.08. The molecule has 0 atom stereocenters. The molecule has 1 fully saturated rings. The topological polar surface area (TPSA) is 50.7 Å². The monoisotopic (exact) mass is 498 g/mol. The number of hydrogen-bond donors (Lipinski definition) is 1. The van der Waals surface area contributed by atoms with Gasteiger partial charge in [0.05, 0.1) is 10.6 Å². The zero-order valence-corrected chi connectivity index (χ0v) is 18.8. The summed E-state index contributed by atoms with van der Waals surface area (Å²) in [6, 6.07) is 22.7. The van der Waals surface area contributed by atoms with E-state index in [9.17, 15) is 4.79 Å². The standard InChI is InChI=1S/C23H16BrClN2O2S/c24-17-8-10-19(11-9-17)26-23-27-22(28)21(30-23)13-16-5-1-2-7-20(16)29-14-15-4-3-6-18(25)12-15/h1-13H,14H2,(H,26,27,28)/b21-13-. The molecule has 1 heterocycles. The molecule has 150 valence electrons. The van der Waals surface area contributed by atoms with E-state index in [1.807, 2.05) is 78.9 Å².